The summed E-state index contributed by atoms with van der Waals surface area (Å²) in [4.78, 5) is 35.6. The highest BCUT2D eigenvalue weighted by molar-refractivity contribution is 7.18. The molecule has 31 heavy (non-hydrogen) atoms. The summed E-state index contributed by atoms with van der Waals surface area (Å²) < 4.78 is 10.6. The third-order valence-electron chi connectivity index (χ3n) is 5.50. The van der Waals surface area contributed by atoms with E-state index in [4.69, 9.17) is 9.15 Å². The molecule has 8 heteroatoms. The minimum absolute atomic E-state index is 0.0414. The van der Waals surface area contributed by atoms with Crippen molar-refractivity contribution in [3.8, 4) is 11.3 Å². The molecule has 3 aromatic heterocycles. The quantitative estimate of drug-likeness (QED) is 0.532. The molecule has 1 N–H and O–H groups in total. The second-order valence-corrected chi connectivity index (χ2v) is 8.45. The summed E-state index contributed by atoms with van der Waals surface area (Å²) in [5.41, 5.74) is 3.80. The number of hydrogen-bond donors (Lipinski definition) is 1. The Morgan fingerprint density at radius 1 is 1.23 bits per heavy atom. The predicted octanol–water partition coefficient (Wildman–Crippen LogP) is 4.78. The summed E-state index contributed by atoms with van der Waals surface area (Å²) in [6, 6.07) is 3.64. The number of ether oxygens (including phenoxy) is 1. The lowest BCUT2D eigenvalue weighted by Gasteiger charge is -2.20. The summed E-state index contributed by atoms with van der Waals surface area (Å²) in [6.45, 7) is 5.26. The van der Waals surface area contributed by atoms with Crippen molar-refractivity contribution in [2.75, 3.05) is 18.5 Å². The van der Waals surface area contributed by atoms with Gasteiger partial charge in [0.05, 0.1) is 23.8 Å². The molecule has 3 aromatic rings. The molecule has 0 aromatic carbocycles. The van der Waals surface area contributed by atoms with Gasteiger partial charge in [0.2, 0.25) is 0 Å². The molecular formula is C23H25N3O4S. The van der Waals surface area contributed by atoms with Gasteiger partial charge in [-0.05, 0) is 43.4 Å². The first-order valence-electron chi connectivity index (χ1n) is 10.5. The molecule has 0 atom stereocenters. The number of aromatic nitrogens is 2. The van der Waals surface area contributed by atoms with Crippen LogP contribution in [0.15, 0.2) is 35.3 Å². The number of ketones is 1. The minimum Gasteiger partial charge on any atom is -0.472 e. The van der Waals surface area contributed by atoms with E-state index in [2.05, 4.69) is 15.3 Å². The van der Waals surface area contributed by atoms with Crippen molar-refractivity contribution >= 4 is 28.2 Å². The Labute approximate surface area is 184 Å². The molecule has 0 bridgehead atoms. The maximum absolute atomic E-state index is 13.2. The normalized spacial score (nSPS) is 14.5. The van der Waals surface area contributed by atoms with E-state index < -0.39 is 0 Å². The summed E-state index contributed by atoms with van der Waals surface area (Å²) >= 11 is 1.20. The highest BCUT2D eigenvalue weighted by Crippen LogP contribution is 2.35. The largest absolute Gasteiger partial charge is 0.472 e. The van der Waals surface area contributed by atoms with E-state index in [9.17, 15) is 9.59 Å². The lowest BCUT2D eigenvalue weighted by atomic mass is 9.93. The Balaban J connectivity index is 1.61. The van der Waals surface area contributed by atoms with Crippen molar-refractivity contribution < 1.29 is 18.7 Å². The molecule has 162 valence electrons. The molecule has 1 aliphatic heterocycles. The molecule has 1 aliphatic rings. The Bertz CT molecular complexity index is 1070. The molecule has 0 saturated carbocycles. The number of nitrogens with zero attached hydrogens (tertiary/aromatic N) is 2. The number of carbonyl (C=O) groups excluding carboxylic acids is 2. The lowest BCUT2D eigenvalue weighted by Crippen LogP contribution is -2.23. The number of anilines is 1. The number of aryl methyl sites for hydroxylation is 2. The Kier molecular flexibility index (Phi) is 6.58. The van der Waals surface area contributed by atoms with Crippen molar-refractivity contribution in [2.24, 2.45) is 5.92 Å². The van der Waals surface area contributed by atoms with Gasteiger partial charge in [0.1, 0.15) is 4.88 Å². The second-order valence-electron chi connectivity index (χ2n) is 7.45. The van der Waals surface area contributed by atoms with Gasteiger partial charge in [-0.2, -0.15) is 0 Å². The maximum atomic E-state index is 13.2. The Morgan fingerprint density at radius 2 is 2.03 bits per heavy atom. The SMILES string of the molecule is CCc1cc(C(=O)Nc2nc(-c3ccoc3)c(C(=O)C3CCOCC3)s2)cnc1CC. The molecule has 1 fully saturated rings. The molecule has 0 unspecified atom stereocenters. The number of furan rings is 1. The number of rotatable bonds is 7. The van der Waals surface area contributed by atoms with Crippen LogP contribution in [-0.2, 0) is 17.6 Å². The third kappa shape index (κ3) is 4.60. The van der Waals surface area contributed by atoms with Gasteiger partial charge in [0, 0.05) is 36.6 Å². The van der Waals surface area contributed by atoms with Crippen LogP contribution in [0.25, 0.3) is 11.3 Å². The van der Waals surface area contributed by atoms with Crippen molar-refractivity contribution in [1.82, 2.24) is 9.97 Å². The summed E-state index contributed by atoms with van der Waals surface area (Å²) in [5.74, 6) is -0.344. The standard InChI is InChI=1S/C23H25N3O4S/c1-3-14-11-17(12-24-18(14)4-2)22(28)26-23-25-19(16-7-10-30-13-16)21(31-23)20(27)15-5-8-29-9-6-15/h7,10-13,15H,3-6,8-9H2,1-2H3,(H,25,26,28). The summed E-state index contributed by atoms with van der Waals surface area (Å²) in [6.07, 6.45) is 7.71. The van der Waals surface area contributed by atoms with Gasteiger partial charge in [-0.3, -0.25) is 19.9 Å². The average molecular weight is 440 g/mol. The maximum Gasteiger partial charge on any atom is 0.259 e. The molecule has 1 saturated heterocycles. The van der Waals surface area contributed by atoms with Crippen LogP contribution in [0.1, 0.15) is 58.0 Å². The number of pyridine rings is 1. The molecule has 1 amide bonds. The van der Waals surface area contributed by atoms with E-state index in [1.165, 1.54) is 11.3 Å². The zero-order chi connectivity index (χ0) is 21.8. The number of amides is 1. The van der Waals surface area contributed by atoms with Gasteiger partial charge in [-0.15, -0.1) is 0 Å². The molecule has 0 aliphatic carbocycles. The van der Waals surface area contributed by atoms with Gasteiger partial charge in [0.15, 0.2) is 10.9 Å². The van der Waals surface area contributed by atoms with E-state index in [1.807, 2.05) is 19.9 Å². The van der Waals surface area contributed by atoms with Gasteiger partial charge in [-0.1, -0.05) is 25.2 Å². The highest BCUT2D eigenvalue weighted by atomic mass is 32.1. The first-order valence-corrected chi connectivity index (χ1v) is 11.4. The Hall–Kier alpha value is -2.84. The van der Waals surface area contributed by atoms with E-state index >= 15 is 0 Å². The molecule has 7 nitrogen and oxygen atoms in total. The van der Waals surface area contributed by atoms with Gasteiger partial charge in [-0.25, -0.2) is 4.98 Å². The van der Waals surface area contributed by atoms with Crippen LogP contribution < -0.4 is 5.32 Å². The van der Waals surface area contributed by atoms with Crippen molar-refractivity contribution in [2.45, 2.75) is 39.5 Å². The molecular weight excluding hydrogens is 414 g/mol. The molecule has 0 spiro atoms. The molecule has 4 rings (SSSR count). The number of hydrogen-bond acceptors (Lipinski definition) is 7. The minimum atomic E-state index is -0.289. The zero-order valence-electron chi connectivity index (χ0n) is 17.6. The zero-order valence-corrected chi connectivity index (χ0v) is 18.5. The summed E-state index contributed by atoms with van der Waals surface area (Å²) in [5, 5.41) is 3.23. The van der Waals surface area contributed by atoms with Crippen LogP contribution in [0.5, 0.6) is 0 Å². The number of carbonyl (C=O) groups is 2. The van der Waals surface area contributed by atoms with Crippen LogP contribution in [0, 0.1) is 5.92 Å². The number of nitrogens with one attached hydrogen (secondary N) is 1. The van der Waals surface area contributed by atoms with Gasteiger partial charge < -0.3 is 9.15 Å². The molecule has 4 heterocycles. The van der Waals surface area contributed by atoms with E-state index in [-0.39, 0.29) is 17.6 Å². The smallest absolute Gasteiger partial charge is 0.259 e. The highest BCUT2D eigenvalue weighted by Gasteiger charge is 2.29. The predicted molar refractivity (Wildman–Crippen MR) is 119 cm³/mol. The second kappa shape index (κ2) is 9.53. The number of Topliss-reactive ketones (excluding diaryl/α,β-unsaturated/α-hetero) is 1. The fraction of sp³-hybridized carbons (Fsp3) is 0.391. The third-order valence-corrected chi connectivity index (χ3v) is 6.48. The fourth-order valence-electron chi connectivity index (χ4n) is 3.74. The van der Waals surface area contributed by atoms with E-state index in [0.717, 1.165) is 29.7 Å². The number of thiazole rings is 1. The van der Waals surface area contributed by atoms with Crippen LogP contribution in [-0.4, -0.2) is 34.9 Å². The van der Waals surface area contributed by atoms with E-state index in [1.54, 1.807) is 24.8 Å². The Morgan fingerprint density at radius 3 is 2.71 bits per heavy atom. The molecule has 0 radical (unpaired) electrons. The van der Waals surface area contributed by atoms with Crippen LogP contribution in [0.4, 0.5) is 5.13 Å². The fourth-order valence-corrected chi connectivity index (χ4v) is 4.74. The van der Waals surface area contributed by atoms with Crippen molar-refractivity contribution in [3.05, 3.63) is 52.6 Å². The van der Waals surface area contributed by atoms with Gasteiger partial charge >= 0.3 is 0 Å². The van der Waals surface area contributed by atoms with Crippen molar-refractivity contribution in [3.63, 3.8) is 0 Å². The van der Waals surface area contributed by atoms with Gasteiger partial charge in [0.25, 0.3) is 5.91 Å². The first kappa shape index (κ1) is 21.4. The van der Waals surface area contributed by atoms with Crippen molar-refractivity contribution in [1.29, 1.82) is 0 Å². The summed E-state index contributed by atoms with van der Waals surface area (Å²) in [7, 11) is 0. The first-order chi connectivity index (χ1) is 15.1. The monoisotopic (exact) mass is 439 g/mol. The lowest BCUT2D eigenvalue weighted by molar-refractivity contribution is 0.0548. The van der Waals surface area contributed by atoms with Crippen LogP contribution in [0.3, 0.4) is 0 Å². The van der Waals surface area contributed by atoms with E-state index in [0.29, 0.717) is 47.3 Å². The van der Waals surface area contributed by atoms with Crippen LogP contribution in [0.2, 0.25) is 0 Å². The topological polar surface area (TPSA) is 94.3 Å². The average Bonchev–Trinajstić information content (AvgIpc) is 3.48. The van der Waals surface area contributed by atoms with Crippen LogP contribution >= 0.6 is 11.3 Å².